The Labute approximate surface area is 264 Å². The second kappa shape index (κ2) is 15.3. The van der Waals surface area contributed by atoms with Gasteiger partial charge in [0, 0.05) is 36.6 Å². The average molecular weight is 620 g/mol. The molecule has 0 radical (unpaired) electrons. The van der Waals surface area contributed by atoms with Gasteiger partial charge in [-0.15, -0.1) is 12.4 Å². The first-order valence-corrected chi connectivity index (χ1v) is 14.2. The van der Waals surface area contributed by atoms with Crippen LogP contribution in [0.15, 0.2) is 107 Å². The van der Waals surface area contributed by atoms with E-state index in [4.69, 9.17) is 9.47 Å². The van der Waals surface area contributed by atoms with Crippen LogP contribution >= 0.6 is 12.4 Å². The maximum Gasteiger partial charge on any atom is 0.337 e. The van der Waals surface area contributed by atoms with Crippen molar-refractivity contribution in [1.82, 2.24) is 10.2 Å². The molecule has 0 spiro atoms. The van der Waals surface area contributed by atoms with Gasteiger partial charge in [0.1, 0.15) is 6.10 Å². The Morgan fingerprint density at radius 3 is 2.02 bits per heavy atom. The van der Waals surface area contributed by atoms with Crippen molar-refractivity contribution in [3.8, 4) is 0 Å². The van der Waals surface area contributed by atoms with Crippen LogP contribution in [0.2, 0.25) is 0 Å². The Morgan fingerprint density at radius 2 is 1.45 bits per heavy atom. The van der Waals surface area contributed by atoms with Gasteiger partial charge in [0.2, 0.25) is 0 Å². The van der Waals surface area contributed by atoms with Gasteiger partial charge in [-0.05, 0) is 51.4 Å². The van der Waals surface area contributed by atoms with Gasteiger partial charge in [-0.2, -0.15) is 0 Å². The average Bonchev–Trinajstić information content (AvgIpc) is 2.97. The molecule has 9 nitrogen and oxygen atoms in total. The predicted octanol–water partition coefficient (Wildman–Crippen LogP) is 6.62. The van der Waals surface area contributed by atoms with Crippen LogP contribution in [0.5, 0.6) is 0 Å². The number of halogens is 1. The van der Waals surface area contributed by atoms with Gasteiger partial charge in [-0.25, -0.2) is 9.59 Å². The molecular formula is C34H38ClN3O6. The highest BCUT2D eigenvalue weighted by Gasteiger charge is 2.39. The lowest BCUT2D eigenvalue weighted by Gasteiger charge is -2.32. The summed E-state index contributed by atoms with van der Waals surface area (Å²) >= 11 is 0. The standard InChI is InChI=1S/C34H37N3O6.ClH/c1-22(2)42-33(38)30-23(3)35-24(4)31(32(30)27-17-12-18-28(19-27)37(40)41)34(39)43-29(26-15-10-7-11-16-26)21-36(5)20-25-13-8-6-9-14-25;/h6-19,22,29,32,35H,20-21H2,1-5H3;1H. The minimum atomic E-state index is -0.946. The van der Waals surface area contributed by atoms with Crippen LogP contribution < -0.4 is 5.32 Å². The van der Waals surface area contributed by atoms with Crippen molar-refractivity contribution in [2.45, 2.75) is 52.4 Å². The van der Waals surface area contributed by atoms with E-state index < -0.39 is 35.0 Å². The first-order valence-electron chi connectivity index (χ1n) is 14.2. The number of esters is 2. The molecule has 0 aliphatic carbocycles. The fraction of sp³-hybridized carbons (Fsp3) is 0.294. The number of nitro groups is 1. The van der Waals surface area contributed by atoms with Crippen molar-refractivity contribution in [2.75, 3.05) is 13.6 Å². The minimum absolute atomic E-state index is 0. The molecule has 1 N–H and O–H groups in total. The lowest BCUT2D eigenvalue weighted by atomic mass is 9.80. The number of nitrogens with one attached hydrogen (secondary N) is 1. The van der Waals surface area contributed by atoms with Gasteiger partial charge >= 0.3 is 11.9 Å². The first kappa shape index (κ1) is 34.0. The topological polar surface area (TPSA) is 111 Å². The van der Waals surface area contributed by atoms with Crippen molar-refractivity contribution in [1.29, 1.82) is 0 Å². The maximum absolute atomic E-state index is 14.2. The van der Waals surface area contributed by atoms with Crippen molar-refractivity contribution in [3.05, 3.63) is 134 Å². The highest BCUT2D eigenvalue weighted by molar-refractivity contribution is 6.00. The lowest BCUT2D eigenvalue weighted by molar-refractivity contribution is -0.384. The fourth-order valence-corrected chi connectivity index (χ4v) is 5.28. The zero-order chi connectivity index (χ0) is 31.1. The molecule has 2 unspecified atom stereocenters. The van der Waals surface area contributed by atoms with Crippen molar-refractivity contribution < 1.29 is 24.0 Å². The largest absolute Gasteiger partial charge is 0.460 e. The Hall–Kier alpha value is -4.47. The Balaban J connectivity index is 0.00000529. The molecule has 0 amide bonds. The summed E-state index contributed by atoms with van der Waals surface area (Å²) in [5.74, 6) is -2.19. The molecule has 0 saturated heterocycles. The van der Waals surface area contributed by atoms with E-state index in [0.717, 1.165) is 11.1 Å². The Bertz CT molecular complexity index is 1540. The molecule has 0 saturated carbocycles. The maximum atomic E-state index is 14.2. The highest BCUT2D eigenvalue weighted by Crippen LogP contribution is 2.41. The van der Waals surface area contributed by atoms with Gasteiger partial charge < -0.3 is 14.8 Å². The van der Waals surface area contributed by atoms with E-state index in [0.29, 0.717) is 30.0 Å². The molecule has 2 atom stereocenters. The number of nitrogens with zero attached hydrogens (tertiary/aromatic N) is 2. The van der Waals surface area contributed by atoms with E-state index in [1.165, 1.54) is 12.1 Å². The van der Waals surface area contributed by atoms with Crippen molar-refractivity contribution >= 4 is 30.0 Å². The van der Waals surface area contributed by atoms with Crippen molar-refractivity contribution in [2.24, 2.45) is 0 Å². The lowest BCUT2D eigenvalue weighted by Crippen LogP contribution is -2.34. The summed E-state index contributed by atoms with van der Waals surface area (Å²) in [6.45, 7) is 7.97. The zero-order valence-corrected chi connectivity index (χ0v) is 26.3. The molecule has 1 heterocycles. The molecule has 3 aromatic carbocycles. The fourth-order valence-electron chi connectivity index (χ4n) is 5.28. The molecule has 0 bridgehead atoms. The van der Waals surface area contributed by atoms with Crippen LogP contribution in [-0.2, 0) is 25.6 Å². The van der Waals surface area contributed by atoms with E-state index in [2.05, 4.69) is 10.2 Å². The number of carbonyl (C=O) groups excluding carboxylic acids is 2. The molecule has 1 aliphatic heterocycles. The Morgan fingerprint density at radius 1 is 0.886 bits per heavy atom. The van der Waals surface area contributed by atoms with Crippen LogP contribution in [0.4, 0.5) is 5.69 Å². The summed E-state index contributed by atoms with van der Waals surface area (Å²) in [5, 5.41) is 14.8. The van der Waals surface area contributed by atoms with Crippen LogP contribution in [0.3, 0.4) is 0 Å². The van der Waals surface area contributed by atoms with Gasteiger partial charge in [-0.3, -0.25) is 15.0 Å². The summed E-state index contributed by atoms with van der Waals surface area (Å²) in [4.78, 5) is 40.8. The number of benzene rings is 3. The van der Waals surface area contributed by atoms with E-state index >= 15 is 0 Å². The van der Waals surface area contributed by atoms with Gasteiger partial charge in [0.25, 0.3) is 5.69 Å². The molecule has 3 aromatic rings. The number of hydrogen-bond acceptors (Lipinski definition) is 8. The van der Waals surface area contributed by atoms with E-state index in [1.54, 1.807) is 39.8 Å². The number of nitro benzene ring substituents is 1. The summed E-state index contributed by atoms with van der Waals surface area (Å²) in [7, 11) is 1.96. The third kappa shape index (κ3) is 8.33. The number of hydrogen-bond donors (Lipinski definition) is 1. The summed E-state index contributed by atoms with van der Waals surface area (Å²) < 4.78 is 11.8. The predicted molar refractivity (Wildman–Crippen MR) is 171 cm³/mol. The smallest absolute Gasteiger partial charge is 0.337 e. The van der Waals surface area contributed by atoms with Gasteiger partial charge in [-0.1, -0.05) is 72.8 Å². The molecule has 4 rings (SSSR count). The molecule has 1 aliphatic rings. The number of ether oxygens (including phenoxy) is 2. The van der Waals surface area contributed by atoms with Gasteiger partial charge in [0.05, 0.1) is 28.1 Å². The summed E-state index contributed by atoms with van der Waals surface area (Å²) in [6.07, 6.45) is -1.05. The van der Waals surface area contributed by atoms with E-state index in [9.17, 15) is 19.7 Å². The summed E-state index contributed by atoms with van der Waals surface area (Å²) in [5.41, 5.74) is 3.57. The third-order valence-electron chi connectivity index (χ3n) is 7.15. The van der Waals surface area contributed by atoms with Crippen LogP contribution in [-0.4, -0.2) is 41.5 Å². The quantitative estimate of drug-likeness (QED) is 0.145. The minimum Gasteiger partial charge on any atom is -0.460 e. The SMILES string of the molecule is CC1=C(C(=O)OC(C)C)C(c2cccc([N+](=O)[O-])c2)C(C(=O)OC(CN(C)Cc2ccccc2)c2ccccc2)=C(C)N1.Cl. The number of non-ortho nitro benzene ring substituents is 1. The van der Waals surface area contributed by atoms with Crippen LogP contribution in [0.25, 0.3) is 0 Å². The molecule has 10 heteroatoms. The second-order valence-corrected chi connectivity index (χ2v) is 10.9. The zero-order valence-electron chi connectivity index (χ0n) is 25.5. The number of allylic oxidation sites excluding steroid dienone is 2. The monoisotopic (exact) mass is 619 g/mol. The van der Waals surface area contributed by atoms with Crippen LogP contribution in [0.1, 0.15) is 56.4 Å². The highest BCUT2D eigenvalue weighted by atomic mass is 35.5. The Kier molecular flexibility index (Phi) is 11.8. The summed E-state index contributed by atoms with van der Waals surface area (Å²) in [6, 6.07) is 25.4. The molecule has 0 aromatic heterocycles. The molecular weight excluding hydrogens is 582 g/mol. The number of carbonyl (C=O) groups is 2. The molecule has 232 valence electrons. The number of rotatable bonds is 11. The van der Waals surface area contributed by atoms with Crippen molar-refractivity contribution in [3.63, 3.8) is 0 Å². The van der Waals surface area contributed by atoms with E-state index in [1.807, 2.05) is 67.7 Å². The molecule has 0 fully saturated rings. The number of likely N-dealkylation sites (N-methyl/N-ethyl adjacent to an activating group) is 1. The number of dihydropyridines is 1. The molecule has 44 heavy (non-hydrogen) atoms. The van der Waals surface area contributed by atoms with E-state index in [-0.39, 0.29) is 29.2 Å². The van der Waals surface area contributed by atoms with Gasteiger partial charge in [0.15, 0.2) is 0 Å². The second-order valence-electron chi connectivity index (χ2n) is 10.9. The normalized spacial score (nSPS) is 15.4. The van der Waals surface area contributed by atoms with Crippen LogP contribution in [0, 0.1) is 10.1 Å². The third-order valence-corrected chi connectivity index (χ3v) is 7.15. The first-order chi connectivity index (χ1) is 20.5.